The molecule has 1 rings (SSSR count). The van der Waals surface area contributed by atoms with E-state index in [0.29, 0.717) is 19.4 Å². The van der Waals surface area contributed by atoms with Gasteiger partial charge in [-0.05, 0) is 12.8 Å². The Morgan fingerprint density at radius 1 is 1.75 bits per heavy atom. The molecule has 1 aliphatic rings. The van der Waals surface area contributed by atoms with E-state index in [-0.39, 0.29) is 12.5 Å². The van der Waals surface area contributed by atoms with Gasteiger partial charge in [-0.25, -0.2) is 0 Å². The van der Waals surface area contributed by atoms with Gasteiger partial charge in [0.1, 0.15) is 0 Å². The Kier molecular flexibility index (Phi) is 2.69. The van der Waals surface area contributed by atoms with E-state index in [1.54, 1.807) is 11.9 Å². The van der Waals surface area contributed by atoms with Gasteiger partial charge in [0, 0.05) is 32.2 Å². The maximum Gasteiger partial charge on any atom is 0.224 e. The van der Waals surface area contributed by atoms with E-state index < -0.39 is 5.54 Å². The number of nitrogens with zero attached hydrogens (tertiary/aromatic N) is 1. The van der Waals surface area contributed by atoms with Crippen molar-refractivity contribution in [2.24, 2.45) is 5.73 Å². The largest absolute Gasteiger partial charge is 0.396 e. The van der Waals surface area contributed by atoms with Crippen molar-refractivity contribution in [2.75, 3.05) is 20.2 Å². The number of nitrogens with two attached hydrogens (primary N) is 1. The molecule has 4 heteroatoms. The molecule has 0 bridgehead atoms. The fourth-order valence-corrected chi connectivity index (χ4v) is 1.48. The third-order valence-electron chi connectivity index (χ3n) is 2.48. The van der Waals surface area contributed by atoms with Crippen LogP contribution in [0, 0.1) is 0 Å². The molecule has 1 unspecified atom stereocenters. The molecule has 0 aromatic carbocycles. The Hall–Kier alpha value is -0.610. The van der Waals surface area contributed by atoms with Crippen molar-refractivity contribution in [1.29, 1.82) is 0 Å². The lowest BCUT2D eigenvalue weighted by molar-refractivity contribution is -0.134. The van der Waals surface area contributed by atoms with Gasteiger partial charge < -0.3 is 15.7 Å². The molecule has 0 aromatic heterocycles. The molecule has 3 N–H and O–H groups in total. The molecule has 1 saturated heterocycles. The number of likely N-dealkylation sites (tertiary alicyclic amines) is 1. The van der Waals surface area contributed by atoms with Crippen molar-refractivity contribution in [3.8, 4) is 0 Å². The van der Waals surface area contributed by atoms with Crippen molar-refractivity contribution in [2.45, 2.75) is 24.8 Å². The number of aliphatic hydroxyl groups excluding tert-OH is 1. The van der Waals surface area contributed by atoms with Crippen molar-refractivity contribution >= 4 is 5.91 Å². The summed E-state index contributed by atoms with van der Waals surface area (Å²) in [5.41, 5.74) is 5.45. The standard InChI is InChI=1S/C8H16N2O2/c1-10-4-2-8(9,3-5-11)6-7(10)12/h11H,2-6,9H2,1H3. The molecule has 1 atom stereocenters. The monoisotopic (exact) mass is 172 g/mol. The van der Waals surface area contributed by atoms with Gasteiger partial charge in [-0.1, -0.05) is 0 Å². The molecule has 0 radical (unpaired) electrons. The normalized spacial score (nSPS) is 30.9. The number of piperidine rings is 1. The molecule has 0 aromatic rings. The Bertz CT molecular complexity index is 184. The van der Waals surface area contributed by atoms with Crippen LogP contribution in [0.15, 0.2) is 0 Å². The number of aliphatic hydroxyl groups is 1. The van der Waals surface area contributed by atoms with E-state index in [1.165, 1.54) is 0 Å². The van der Waals surface area contributed by atoms with Crippen molar-refractivity contribution in [3.63, 3.8) is 0 Å². The lowest BCUT2D eigenvalue weighted by atomic mass is 9.85. The highest BCUT2D eigenvalue weighted by atomic mass is 16.3. The Morgan fingerprint density at radius 3 is 2.92 bits per heavy atom. The molecular formula is C8H16N2O2. The summed E-state index contributed by atoms with van der Waals surface area (Å²) in [6, 6.07) is 0. The van der Waals surface area contributed by atoms with E-state index in [0.717, 1.165) is 6.42 Å². The number of hydrogen-bond acceptors (Lipinski definition) is 3. The fourth-order valence-electron chi connectivity index (χ4n) is 1.48. The minimum Gasteiger partial charge on any atom is -0.396 e. The van der Waals surface area contributed by atoms with Crippen LogP contribution in [0.1, 0.15) is 19.3 Å². The van der Waals surface area contributed by atoms with E-state index in [1.807, 2.05) is 0 Å². The minimum absolute atomic E-state index is 0.0630. The highest BCUT2D eigenvalue weighted by Gasteiger charge is 2.33. The Labute approximate surface area is 72.3 Å². The molecule has 1 aliphatic heterocycles. The van der Waals surface area contributed by atoms with E-state index >= 15 is 0 Å². The molecule has 1 heterocycles. The first-order chi connectivity index (χ1) is 5.57. The number of rotatable bonds is 2. The smallest absolute Gasteiger partial charge is 0.224 e. The average Bonchev–Trinajstić information content (AvgIpc) is 1.98. The lowest BCUT2D eigenvalue weighted by Crippen LogP contribution is -2.52. The molecule has 0 aliphatic carbocycles. The third-order valence-corrected chi connectivity index (χ3v) is 2.48. The van der Waals surface area contributed by atoms with Crippen LogP contribution >= 0.6 is 0 Å². The van der Waals surface area contributed by atoms with Gasteiger partial charge in [0.2, 0.25) is 5.91 Å². The van der Waals surface area contributed by atoms with Gasteiger partial charge in [-0.3, -0.25) is 4.79 Å². The maximum atomic E-state index is 11.2. The quantitative estimate of drug-likeness (QED) is 0.580. The second kappa shape index (κ2) is 3.41. The average molecular weight is 172 g/mol. The Morgan fingerprint density at radius 2 is 2.42 bits per heavy atom. The zero-order valence-electron chi connectivity index (χ0n) is 7.42. The van der Waals surface area contributed by atoms with Crippen LogP contribution in [-0.2, 0) is 4.79 Å². The first-order valence-electron chi connectivity index (χ1n) is 4.21. The molecular weight excluding hydrogens is 156 g/mol. The number of carbonyl (C=O) groups excluding carboxylic acids is 1. The number of hydrogen-bond donors (Lipinski definition) is 2. The third kappa shape index (κ3) is 1.95. The van der Waals surface area contributed by atoms with Gasteiger partial charge in [-0.15, -0.1) is 0 Å². The molecule has 1 amide bonds. The van der Waals surface area contributed by atoms with E-state index in [4.69, 9.17) is 10.8 Å². The highest BCUT2D eigenvalue weighted by molar-refractivity contribution is 5.78. The highest BCUT2D eigenvalue weighted by Crippen LogP contribution is 2.22. The first kappa shape index (κ1) is 9.48. The van der Waals surface area contributed by atoms with Crippen molar-refractivity contribution in [1.82, 2.24) is 4.90 Å². The summed E-state index contributed by atoms with van der Waals surface area (Å²) in [5.74, 6) is 0.0807. The molecule has 70 valence electrons. The summed E-state index contributed by atoms with van der Waals surface area (Å²) in [4.78, 5) is 12.9. The number of amides is 1. The fraction of sp³-hybridized carbons (Fsp3) is 0.875. The predicted octanol–water partition coefficient (Wildman–Crippen LogP) is -0.681. The lowest BCUT2D eigenvalue weighted by Gasteiger charge is -2.36. The number of carbonyl (C=O) groups is 1. The van der Waals surface area contributed by atoms with Crippen LogP contribution in [0.2, 0.25) is 0 Å². The zero-order valence-corrected chi connectivity index (χ0v) is 7.42. The van der Waals surface area contributed by atoms with Crippen molar-refractivity contribution < 1.29 is 9.90 Å². The summed E-state index contributed by atoms with van der Waals surface area (Å²) >= 11 is 0. The van der Waals surface area contributed by atoms with Gasteiger partial charge in [-0.2, -0.15) is 0 Å². The maximum absolute atomic E-state index is 11.2. The topological polar surface area (TPSA) is 66.6 Å². The van der Waals surface area contributed by atoms with Gasteiger partial charge in [0.05, 0.1) is 0 Å². The summed E-state index contributed by atoms with van der Waals surface area (Å²) in [5, 5.41) is 8.73. The molecule has 0 saturated carbocycles. The summed E-state index contributed by atoms with van der Waals surface area (Å²) in [6.45, 7) is 0.767. The SMILES string of the molecule is CN1CCC(N)(CCO)CC1=O. The van der Waals surface area contributed by atoms with Crippen LogP contribution in [0.25, 0.3) is 0 Å². The Balaban J connectivity index is 2.54. The van der Waals surface area contributed by atoms with Gasteiger partial charge in [0.15, 0.2) is 0 Å². The molecule has 0 spiro atoms. The second-order valence-electron chi connectivity index (χ2n) is 3.58. The summed E-state index contributed by atoms with van der Waals surface area (Å²) < 4.78 is 0. The van der Waals surface area contributed by atoms with Crippen LogP contribution in [-0.4, -0.2) is 41.7 Å². The van der Waals surface area contributed by atoms with Crippen LogP contribution in [0.4, 0.5) is 0 Å². The second-order valence-corrected chi connectivity index (χ2v) is 3.58. The molecule has 4 nitrogen and oxygen atoms in total. The zero-order chi connectivity index (χ0) is 9.19. The van der Waals surface area contributed by atoms with Gasteiger partial charge in [0.25, 0.3) is 0 Å². The van der Waals surface area contributed by atoms with E-state index in [9.17, 15) is 4.79 Å². The molecule has 12 heavy (non-hydrogen) atoms. The van der Waals surface area contributed by atoms with E-state index in [2.05, 4.69) is 0 Å². The van der Waals surface area contributed by atoms with Crippen molar-refractivity contribution in [3.05, 3.63) is 0 Å². The first-order valence-corrected chi connectivity index (χ1v) is 4.21. The van der Waals surface area contributed by atoms with Crippen LogP contribution in [0.5, 0.6) is 0 Å². The van der Waals surface area contributed by atoms with Crippen LogP contribution in [0.3, 0.4) is 0 Å². The minimum atomic E-state index is -0.460. The summed E-state index contributed by atoms with van der Waals surface area (Å²) in [6.07, 6.45) is 1.67. The predicted molar refractivity (Wildman–Crippen MR) is 45.5 cm³/mol. The van der Waals surface area contributed by atoms with Crippen LogP contribution < -0.4 is 5.73 Å². The van der Waals surface area contributed by atoms with Gasteiger partial charge >= 0.3 is 0 Å². The summed E-state index contributed by atoms with van der Waals surface area (Å²) in [7, 11) is 1.78. The molecule has 1 fully saturated rings.